The molecule has 0 fully saturated rings. The minimum atomic E-state index is 0.470. The molecule has 1 aliphatic heterocycles. The van der Waals surface area contributed by atoms with Crippen LogP contribution in [-0.4, -0.2) is 48.0 Å². The second-order valence-electron chi connectivity index (χ2n) is 7.63. The number of nitrogens with one attached hydrogen (secondary N) is 2. The molecule has 7 nitrogen and oxygen atoms in total. The van der Waals surface area contributed by atoms with Crippen molar-refractivity contribution in [1.29, 1.82) is 0 Å². The zero-order valence-corrected chi connectivity index (χ0v) is 17.9. The molecule has 0 aliphatic carbocycles. The first-order valence-corrected chi connectivity index (χ1v) is 10.7. The summed E-state index contributed by atoms with van der Waals surface area (Å²) >= 11 is 0. The molecule has 2 heterocycles. The molecule has 158 valence electrons. The van der Waals surface area contributed by atoms with Gasteiger partial charge in [-0.1, -0.05) is 25.5 Å². The van der Waals surface area contributed by atoms with Gasteiger partial charge in [-0.05, 0) is 42.9 Å². The summed E-state index contributed by atoms with van der Waals surface area (Å²) in [5.41, 5.74) is 1.32. The third-order valence-electron chi connectivity index (χ3n) is 5.61. The van der Waals surface area contributed by atoms with Crippen molar-refractivity contribution >= 4 is 5.96 Å². The lowest BCUT2D eigenvalue weighted by Crippen LogP contribution is -2.39. The molecule has 1 unspecified atom stereocenters. The lowest BCUT2D eigenvalue weighted by atomic mass is 9.98. The largest absolute Gasteiger partial charge is 0.497 e. The van der Waals surface area contributed by atoms with Crippen molar-refractivity contribution in [2.24, 2.45) is 4.99 Å². The van der Waals surface area contributed by atoms with Crippen LogP contribution >= 0.6 is 0 Å². The van der Waals surface area contributed by atoms with Crippen LogP contribution < -0.4 is 15.4 Å². The van der Waals surface area contributed by atoms with Crippen LogP contribution in [0.5, 0.6) is 5.75 Å². The number of benzene rings is 1. The zero-order valence-electron chi connectivity index (χ0n) is 17.9. The zero-order chi connectivity index (χ0) is 20.5. The maximum Gasteiger partial charge on any atom is 0.190 e. The summed E-state index contributed by atoms with van der Waals surface area (Å²) in [5.74, 6) is 4.43. The molecule has 7 heteroatoms. The maximum absolute atomic E-state index is 5.23. The highest BCUT2D eigenvalue weighted by Gasteiger charge is 2.14. The van der Waals surface area contributed by atoms with Crippen LogP contribution in [0.2, 0.25) is 0 Å². The van der Waals surface area contributed by atoms with Crippen LogP contribution in [0.3, 0.4) is 0 Å². The standard InChI is InChI=1S/C22H34N6O/c1-17(18-8-10-19(29-3)11-9-18)12-14-24-22(23-2)25-15-13-21-27-26-20-7-5-4-6-16-28(20)21/h8-11,17H,4-7,12-16H2,1-3H3,(H2,23,24,25). The number of guanidine groups is 1. The van der Waals surface area contributed by atoms with Gasteiger partial charge < -0.3 is 19.9 Å². The molecule has 3 rings (SSSR count). The van der Waals surface area contributed by atoms with Gasteiger partial charge in [-0.3, -0.25) is 4.99 Å². The predicted octanol–water partition coefficient (Wildman–Crippen LogP) is 2.91. The van der Waals surface area contributed by atoms with Crippen molar-refractivity contribution < 1.29 is 4.74 Å². The van der Waals surface area contributed by atoms with Crippen molar-refractivity contribution in [3.63, 3.8) is 0 Å². The summed E-state index contributed by atoms with van der Waals surface area (Å²) in [6.45, 7) is 4.96. The third-order valence-corrected chi connectivity index (χ3v) is 5.61. The van der Waals surface area contributed by atoms with Crippen molar-refractivity contribution in [2.75, 3.05) is 27.2 Å². The Morgan fingerprint density at radius 1 is 1.14 bits per heavy atom. The lowest BCUT2D eigenvalue weighted by molar-refractivity contribution is 0.414. The Labute approximate surface area is 174 Å². The first-order chi connectivity index (χ1) is 14.2. The van der Waals surface area contributed by atoms with Gasteiger partial charge in [0.2, 0.25) is 0 Å². The smallest absolute Gasteiger partial charge is 0.190 e. The third kappa shape index (κ3) is 5.95. The number of aliphatic imine (C=N–C) groups is 1. The van der Waals surface area contributed by atoms with Crippen LogP contribution in [0, 0.1) is 0 Å². The number of hydrogen-bond acceptors (Lipinski definition) is 4. The van der Waals surface area contributed by atoms with Gasteiger partial charge in [0.15, 0.2) is 5.96 Å². The van der Waals surface area contributed by atoms with Gasteiger partial charge in [0.05, 0.1) is 7.11 Å². The molecule has 1 atom stereocenters. The molecular weight excluding hydrogens is 364 g/mol. The Balaban J connectivity index is 1.40. The van der Waals surface area contributed by atoms with E-state index in [9.17, 15) is 0 Å². The van der Waals surface area contributed by atoms with E-state index >= 15 is 0 Å². The Bertz CT molecular complexity index is 783. The van der Waals surface area contributed by atoms with E-state index in [-0.39, 0.29) is 0 Å². The van der Waals surface area contributed by atoms with E-state index in [0.717, 1.165) is 62.3 Å². The molecule has 0 saturated carbocycles. The highest BCUT2D eigenvalue weighted by atomic mass is 16.5. The van der Waals surface area contributed by atoms with Crippen molar-refractivity contribution in [3.8, 4) is 5.75 Å². The maximum atomic E-state index is 5.23. The van der Waals surface area contributed by atoms with E-state index < -0.39 is 0 Å². The molecule has 1 aliphatic rings. The molecule has 0 spiro atoms. The average Bonchev–Trinajstić information content (AvgIpc) is 2.98. The van der Waals surface area contributed by atoms with Crippen LogP contribution in [0.4, 0.5) is 0 Å². The summed E-state index contributed by atoms with van der Waals surface area (Å²) in [7, 11) is 3.51. The van der Waals surface area contributed by atoms with E-state index in [2.05, 4.69) is 49.4 Å². The summed E-state index contributed by atoms with van der Waals surface area (Å²) < 4.78 is 7.54. The normalized spacial score (nSPS) is 15.3. The van der Waals surface area contributed by atoms with E-state index in [0.29, 0.717) is 5.92 Å². The van der Waals surface area contributed by atoms with Crippen molar-refractivity contribution in [2.45, 2.75) is 57.9 Å². The van der Waals surface area contributed by atoms with Gasteiger partial charge in [0.25, 0.3) is 0 Å². The highest BCUT2D eigenvalue weighted by Crippen LogP contribution is 2.21. The summed E-state index contributed by atoms with van der Waals surface area (Å²) in [4.78, 5) is 4.34. The van der Waals surface area contributed by atoms with E-state index in [1.54, 1.807) is 7.11 Å². The summed E-state index contributed by atoms with van der Waals surface area (Å²) in [5, 5.41) is 15.6. The Kier molecular flexibility index (Phi) is 7.90. The molecule has 2 aromatic rings. The Morgan fingerprint density at radius 3 is 2.69 bits per heavy atom. The van der Waals surface area contributed by atoms with Crippen LogP contribution in [0.1, 0.15) is 55.7 Å². The molecule has 0 radical (unpaired) electrons. The van der Waals surface area contributed by atoms with Crippen LogP contribution in [-0.2, 0) is 19.4 Å². The van der Waals surface area contributed by atoms with Gasteiger partial charge in [-0.25, -0.2) is 0 Å². The van der Waals surface area contributed by atoms with Gasteiger partial charge >= 0.3 is 0 Å². The molecule has 29 heavy (non-hydrogen) atoms. The van der Waals surface area contributed by atoms with Gasteiger partial charge in [-0.2, -0.15) is 0 Å². The molecule has 1 aromatic heterocycles. The Hall–Kier alpha value is -2.57. The van der Waals surface area contributed by atoms with Gasteiger partial charge in [0, 0.05) is 39.5 Å². The first kappa shape index (κ1) is 21.1. The number of methoxy groups -OCH3 is 1. The fourth-order valence-corrected chi connectivity index (χ4v) is 3.75. The van der Waals surface area contributed by atoms with Crippen molar-refractivity contribution in [1.82, 2.24) is 25.4 Å². The number of rotatable bonds is 8. The number of fused-ring (bicyclic) bond motifs is 1. The molecule has 0 saturated heterocycles. The quantitative estimate of drug-likeness (QED) is 0.528. The minimum absolute atomic E-state index is 0.470. The molecule has 0 bridgehead atoms. The molecule has 2 N–H and O–H groups in total. The summed E-state index contributed by atoms with van der Waals surface area (Å²) in [6, 6.07) is 8.31. The van der Waals surface area contributed by atoms with Crippen LogP contribution in [0.25, 0.3) is 0 Å². The van der Waals surface area contributed by atoms with Gasteiger partial charge in [-0.15, -0.1) is 10.2 Å². The fraction of sp³-hybridized carbons (Fsp3) is 0.591. The predicted molar refractivity (Wildman–Crippen MR) is 117 cm³/mol. The van der Waals surface area contributed by atoms with Crippen molar-refractivity contribution in [3.05, 3.63) is 41.5 Å². The topological polar surface area (TPSA) is 76.4 Å². The second kappa shape index (κ2) is 10.8. The average molecular weight is 399 g/mol. The monoisotopic (exact) mass is 398 g/mol. The Morgan fingerprint density at radius 2 is 1.93 bits per heavy atom. The van der Waals surface area contributed by atoms with Gasteiger partial charge in [0.1, 0.15) is 17.4 Å². The molecule has 1 aromatic carbocycles. The number of aryl methyl sites for hydroxylation is 1. The fourth-order valence-electron chi connectivity index (χ4n) is 3.75. The molecule has 0 amide bonds. The SMILES string of the molecule is CN=C(NCCc1nnc2n1CCCCC2)NCCC(C)c1ccc(OC)cc1. The highest BCUT2D eigenvalue weighted by molar-refractivity contribution is 5.79. The van der Waals surface area contributed by atoms with E-state index in [4.69, 9.17) is 4.74 Å². The van der Waals surface area contributed by atoms with Crippen LogP contribution in [0.15, 0.2) is 29.3 Å². The first-order valence-electron chi connectivity index (χ1n) is 10.7. The summed E-state index contributed by atoms with van der Waals surface area (Å²) in [6.07, 6.45) is 6.67. The van der Waals surface area contributed by atoms with E-state index in [1.165, 1.54) is 24.8 Å². The number of ether oxygens (including phenoxy) is 1. The molecular formula is C22H34N6O. The minimum Gasteiger partial charge on any atom is -0.497 e. The number of nitrogens with zero attached hydrogens (tertiary/aromatic N) is 4. The van der Waals surface area contributed by atoms with E-state index in [1.807, 2.05) is 19.2 Å². The number of aromatic nitrogens is 3. The second-order valence-corrected chi connectivity index (χ2v) is 7.63. The lowest BCUT2D eigenvalue weighted by Gasteiger charge is -2.15. The number of hydrogen-bond donors (Lipinski definition) is 2.